The molecule has 0 unspecified atom stereocenters. The predicted octanol–water partition coefficient (Wildman–Crippen LogP) is 2.50. The first-order chi connectivity index (χ1) is 9.41. The minimum absolute atomic E-state index is 0.0290. The Balaban J connectivity index is 2.13. The van der Waals surface area contributed by atoms with Crippen molar-refractivity contribution >= 4 is 11.4 Å². The van der Waals surface area contributed by atoms with Gasteiger partial charge in [0.1, 0.15) is 5.69 Å². The minimum atomic E-state index is -0.404. The molecule has 1 aromatic rings. The summed E-state index contributed by atoms with van der Waals surface area (Å²) in [7, 11) is 0. The van der Waals surface area contributed by atoms with Crippen LogP contribution in [0.5, 0.6) is 0 Å². The van der Waals surface area contributed by atoms with Crippen molar-refractivity contribution in [1.82, 2.24) is 4.90 Å². The maximum Gasteiger partial charge on any atom is 0.293 e. The average molecular weight is 278 g/mol. The summed E-state index contributed by atoms with van der Waals surface area (Å²) in [5.41, 5.74) is 4.01. The van der Waals surface area contributed by atoms with Crippen LogP contribution in [-0.2, 0) is 6.54 Å². The number of nitrogens with zero attached hydrogens (tertiary/aromatic N) is 2. The van der Waals surface area contributed by atoms with Crippen molar-refractivity contribution in [1.29, 1.82) is 0 Å². The smallest absolute Gasteiger partial charge is 0.293 e. The number of rotatable bonds is 4. The molecule has 1 aromatic carbocycles. The quantitative estimate of drug-likeness (QED) is 0.502. The minimum Gasteiger partial charge on any atom is -0.318 e. The molecule has 1 aliphatic rings. The molecular formula is C14H22N4O2. The summed E-state index contributed by atoms with van der Waals surface area (Å²) in [5, 5.41) is 11.0. The second-order valence-corrected chi connectivity index (χ2v) is 6.23. The lowest BCUT2D eigenvalue weighted by Gasteiger charge is -2.38. The zero-order valence-corrected chi connectivity index (χ0v) is 12.1. The monoisotopic (exact) mass is 278 g/mol. The van der Waals surface area contributed by atoms with Crippen LogP contribution in [0.25, 0.3) is 0 Å². The van der Waals surface area contributed by atoms with Crippen LogP contribution in [0.15, 0.2) is 18.2 Å². The van der Waals surface area contributed by atoms with E-state index in [2.05, 4.69) is 24.2 Å². The molecule has 0 saturated carbocycles. The molecule has 1 heterocycles. The summed E-state index contributed by atoms with van der Waals surface area (Å²) in [6.07, 6.45) is 2.41. The summed E-state index contributed by atoms with van der Waals surface area (Å²) in [5.74, 6) is 5.29. The highest BCUT2D eigenvalue weighted by atomic mass is 16.6. The topological polar surface area (TPSA) is 84.4 Å². The maximum absolute atomic E-state index is 11.0. The van der Waals surface area contributed by atoms with Crippen LogP contribution in [0.2, 0.25) is 0 Å². The van der Waals surface area contributed by atoms with Gasteiger partial charge in [0.25, 0.3) is 5.69 Å². The van der Waals surface area contributed by atoms with Crippen molar-refractivity contribution in [3.8, 4) is 0 Å². The van der Waals surface area contributed by atoms with Gasteiger partial charge in [0.2, 0.25) is 0 Å². The molecule has 3 N–H and O–H groups in total. The molecule has 1 fully saturated rings. The molecule has 0 radical (unpaired) electrons. The molecule has 0 aliphatic carbocycles. The van der Waals surface area contributed by atoms with Crippen molar-refractivity contribution in [3.63, 3.8) is 0 Å². The maximum atomic E-state index is 11.0. The van der Waals surface area contributed by atoms with Crippen molar-refractivity contribution < 1.29 is 4.92 Å². The molecule has 0 bridgehead atoms. The number of anilines is 1. The predicted molar refractivity (Wildman–Crippen MR) is 79.2 cm³/mol. The van der Waals surface area contributed by atoms with Crippen LogP contribution >= 0.6 is 0 Å². The lowest BCUT2D eigenvalue weighted by molar-refractivity contribution is -0.384. The number of nitrogens with one attached hydrogen (secondary N) is 1. The van der Waals surface area contributed by atoms with E-state index in [4.69, 9.17) is 5.84 Å². The molecular weight excluding hydrogens is 256 g/mol. The third-order valence-electron chi connectivity index (χ3n) is 3.80. The first-order valence-corrected chi connectivity index (χ1v) is 6.87. The molecule has 2 rings (SSSR count). The molecule has 0 amide bonds. The summed E-state index contributed by atoms with van der Waals surface area (Å²) in [6.45, 7) is 7.35. The van der Waals surface area contributed by atoms with Crippen LogP contribution in [-0.4, -0.2) is 22.9 Å². The number of nitrogens with two attached hydrogens (primary N) is 1. The van der Waals surface area contributed by atoms with Crippen molar-refractivity contribution in [2.75, 3.05) is 18.5 Å². The first kappa shape index (κ1) is 14.7. The van der Waals surface area contributed by atoms with E-state index in [1.165, 1.54) is 12.8 Å². The Morgan fingerprint density at radius 3 is 2.85 bits per heavy atom. The molecule has 6 heteroatoms. The van der Waals surface area contributed by atoms with Gasteiger partial charge in [-0.3, -0.25) is 20.9 Å². The normalized spacial score (nSPS) is 18.8. The molecule has 0 aromatic heterocycles. The van der Waals surface area contributed by atoms with Crippen LogP contribution in [0.1, 0.15) is 32.3 Å². The van der Waals surface area contributed by atoms with Gasteiger partial charge in [0.15, 0.2) is 0 Å². The first-order valence-electron chi connectivity index (χ1n) is 6.87. The van der Waals surface area contributed by atoms with E-state index < -0.39 is 4.92 Å². The van der Waals surface area contributed by atoms with E-state index >= 15 is 0 Å². The van der Waals surface area contributed by atoms with Gasteiger partial charge in [-0.1, -0.05) is 19.9 Å². The second-order valence-electron chi connectivity index (χ2n) is 6.23. The lowest BCUT2D eigenvalue weighted by Crippen LogP contribution is -2.39. The van der Waals surface area contributed by atoms with E-state index in [1.54, 1.807) is 12.1 Å². The van der Waals surface area contributed by atoms with Gasteiger partial charge in [0.05, 0.1) is 4.92 Å². The fourth-order valence-electron chi connectivity index (χ4n) is 2.89. The fraction of sp³-hybridized carbons (Fsp3) is 0.571. The van der Waals surface area contributed by atoms with Crippen LogP contribution < -0.4 is 11.3 Å². The van der Waals surface area contributed by atoms with Crippen LogP contribution in [0.4, 0.5) is 11.4 Å². The molecule has 1 saturated heterocycles. The van der Waals surface area contributed by atoms with Crippen LogP contribution in [0.3, 0.4) is 0 Å². The molecule has 6 nitrogen and oxygen atoms in total. The van der Waals surface area contributed by atoms with E-state index in [-0.39, 0.29) is 5.69 Å². The molecule has 110 valence electrons. The number of nitro benzene ring substituents is 1. The highest BCUT2D eigenvalue weighted by Crippen LogP contribution is 2.30. The highest BCUT2D eigenvalue weighted by molar-refractivity contribution is 5.61. The Morgan fingerprint density at radius 1 is 1.50 bits per heavy atom. The number of hydrogen-bond acceptors (Lipinski definition) is 5. The molecule has 0 spiro atoms. The molecule has 20 heavy (non-hydrogen) atoms. The third kappa shape index (κ3) is 3.46. The van der Waals surface area contributed by atoms with Gasteiger partial charge in [-0.2, -0.15) is 0 Å². The third-order valence-corrected chi connectivity index (χ3v) is 3.80. The summed E-state index contributed by atoms with van der Waals surface area (Å²) in [6, 6.07) is 5.17. The number of nitro groups is 1. The number of hydrogen-bond donors (Lipinski definition) is 2. The van der Waals surface area contributed by atoms with Crippen molar-refractivity contribution in [3.05, 3.63) is 33.9 Å². The Hall–Kier alpha value is -1.66. The summed E-state index contributed by atoms with van der Waals surface area (Å²) in [4.78, 5) is 13.0. The number of nitrogen functional groups attached to an aromatic ring is 1. The Bertz CT molecular complexity index is 502. The highest BCUT2D eigenvalue weighted by Gasteiger charge is 2.26. The van der Waals surface area contributed by atoms with Gasteiger partial charge in [-0.05, 0) is 36.4 Å². The lowest BCUT2D eigenvalue weighted by atomic mass is 9.84. The van der Waals surface area contributed by atoms with E-state index in [9.17, 15) is 10.1 Å². The number of likely N-dealkylation sites (tertiary alicyclic amines) is 1. The summed E-state index contributed by atoms with van der Waals surface area (Å²) >= 11 is 0. The van der Waals surface area contributed by atoms with Gasteiger partial charge >= 0.3 is 0 Å². The SMILES string of the molecule is CC1(C)CCCN(Cc2ccc(NN)c([N+](=O)[O-])c2)C1. The standard InChI is InChI=1S/C14H22N4O2/c1-14(2)6-3-7-17(10-14)9-11-4-5-12(16-15)13(8-11)18(19)20/h4-5,8,16H,3,6-7,9-10,15H2,1-2H3. The van der Waals surface area contributed by atoms with Gasteiger partial charge < -0.3 is 5.43 Å². The number of piperidine rings is 1. The van der Waals surface area contributed by atoms with Gasteiger partial charge in [-0.25, -0.2) is 0 Å². The second kappa shape index (κ2) is 5.76. The molecule has 1 aliphatic heterocycles. The summed E-state index contributed by atoms with van der Waals surface area (Å²) < 4.78 is 0. The van der Waals surface area contributed by atoms with E-state index in [0.29, 0.717) is 11.1 Å². The largest absolute Gasteiger partial charge is 0.318 e. The fourth-order valence-corrected chi connectivity index (χ4v) is 2.89. The average Bonchev–Trinajstić information content (AvgIpc) is 2.37. The van der Waals surface area contributed by atoms with Crippen molar-refractivity contribution in [2.45, 2.75) is 33.2 Å². The Labute approximate surface area is 119 Å². The Kier molecular flexibility index (Phi) is 4.25. The van der Waals surface area contributed by atoms with Gasteiger partial charge in [0, 0.05) is 19.2 Å². The van der Waals surface area contributed by atoms with E-state index in [0.717, 1.165) is 25.2 Å². The molecule has 0 atom stereocenters. The zero-order valence-electron chi connectivity index (χ0n) is 12.1. The van der Waals surface area contributed by atoms with E-state index in [1.807, 2.05) is 6.07 Å². The van der Waals surface area contributed by atoms with Crippen molar-refractivity contribution in [2.24, 2.45) is 11.3 Å². The van der Waals surface area contributed by atoms with Crippen LogP contribution in [0, 0.1) is 15.5 Å². The Morgan fingerprint density at radius 2 is 2.25 bits per heavy atom. The zero-order chi connectivity index (χ0) is 14.8. The number of hydrazine groups is 1. The number of benzene rings is 1. The van der Waals surface area contributed by atoms with Gasteiger partial charge in [-0.15, -0.1) is 0 Å².